The predicted octanol–water partition coefficient (Wildman–Crippen LogP) is 2.60. The monoisotopic (exact) mass is 276 g/mol. The van der Waals surface area contributed by atoms with E-state index in [1.165, 1.54) is 18.5 Å². The molecule has 1 aromatic carbocycles. The zero-order chi connectivity index (χ0) is 14.5. The lowest BCUT2D eigenvalue weighted by molar-refractivity contribution is 0.234. The summed E-state index contributed by atoms with van der Waals surface area (Å²) >= 11 is 0. The fourth-order valence-electron chi connectivity index (χ4n) is 1.63. The second-order valence-corrected chi connectivity index (χ2v) is 4.59. The van der Waals surface area contributed by atoms with Gasteiger partial charge in [0.2, 0.25) is 5.88 Å². The van der Waals surface area contributed by atoms with Gasteiger partial charge in [-0.05, 0) is 31.5 Å². The summed E-state index contributed by atoms with van der Waals surface area (Å²) in [7, 11) is 0. The van der Waals surface area contributed by atoms with Crippen LogP contribution in [0.3, 0.4) is 0 Å². The average molecular weight is 276 g/mol. The highest BCUT2D eigenvalue weighted by Crippen LogP contribution is 2.25. The fraction of sp³-hybridized carbons (Fsp3) is 0.286. The van der Waals surface area contributed by atoms with Gasteiger partial charge in [0, 0.05) is 6.54 Å². The Bertz CT molecular complexity index is 572. The lowest BCUT2D eigenvalue weighted by Crippen LogP contribution is -2.12. The molecule has 0 aliphatic heterocycles. The van der Waals surface area contributed by atoms with Crippen molar-refractivity contribution in [2.45, 2.75) is 26.5 Å². The van der Waals surface area contributed by atoms with Gasteiger partial charge in [-0.1, -0.05) is 12.1 Å². The number of ether oxygens (including phenoxy) is 1. The van der Waals surface area contributed by atoms with Crippen molar-refractivity contribution < 1.29 is 9.13 Å². The third-order valence-electron chi connectivity index (χ3n) is 2.57. The summed E-state index contributed by atoms with van der Waals surface area (Å²) < 4.78 is 18.3. The first-order valence-electron chi connectivity index (χ1n) is 6.31. The van der Waals surface area contributed by atoms with E-state index < -0.39 is 0 Å². The highest BCUT2D eigenvalue weighted by Gasteiger charge is 2.10. The first-order valence-corrected chi connectivity index (χ1v) is 6.31. The van der Waals surface area contributed by atoms with Crippen LogP contribution in [0.1, 0.15) is 19.4 Å². The van der Waals surface area contributed by atoms with Crippen LogP contribution in [0.4, 0.5) is 15.9 Å². The van der Waals surface area contributed by atoms with Crippen LogP contribution in [0.5, 0.6) is 5.88 Å². The summed E-state index contributed by atoms with van der Waals surface area (Å²) in [6.07, 6.45) is 1.37. The average Bonchev–Trinajstić information content (AvgIpc) is 2.41. The van der Waals surface area contributed by atoms with Gasteiger partial charge in [-0.3, -0.25) is 0 Å². The second kappa shape index (κ2) is 6.18. The molecule has 0 aliphatic rings. The molecule has 0 atom stereocenters. The van der Waals surface area contributed by atoms with Gasteiger partial charge in [0.15, 0.2) is 5.82 Å². The second-order valence-electron chi connectivity index (χ2n) is 4.59. The Labute approximate surface area is 117 Å². The lowest BCUT2D eigenvalue weighted by atomic mass is 10.2. The molecule has 2 rings (SSSR count). The number of benzene rings is 1. The number of nitrogens with zero attached hydrogens (tertiary/aromatic N) is 2. The molecule has 20 heavy (non-hydrogen) atoms. The van der Waals surface area contributed by atoms with Crippen LogP contribution >= 0.6 is 0 Å². The van der Waals surface area contributed by atoms with Gasteiger partial charge in [-0.2, -0.15) is 4.98 Å². The molecular weight excluding hydrogens is 259 g/mol. The number of hydrogen-bond acceptors (Lipinski definition) is 5. The maximum Gasteiger partial charge on any atom is 0.242 e. The van der Waals surface area contributed by atoms with E-state index in [4.69, 9.17) is 10.5 Å². The zero-order valence-corrected chi connectivity index (χ0v) is 11.4. The molecule has 5 nitrogen and oxygen atoms in total. The molecule has 1 aromatic heterocycles. The van der Waals surface area contributed by atoms with Crippen molar-refractivity contribution >= 4 is 11.5 Å². The Morgan fingerprint density at radius 2 is 1.95 bits per heavy atom. The van der Waals surface area contributed by atoms with E-state index in [1.54, 1.807) is 12.1 Å². The minimum atomic E-state index is -0.261. The number of hydrogen-bond donors (Lipinski definition) is 2. The first kappa shape index (κ1) is 14.0. The van der Waals surface area contributed by atoms with E-state index in [0.29, 0.717) is 23.9 Å². The molecule has 2 aromatic rings. The lowest BCUT2D eigenvalue weighted by Gasteiger charge is -2.13. The van der Waals surface area contributed by atoms with Crippen LogP contribution < -0.4 is 15.8 Å². The maximum atomic E-state index is 12.8. The maximum absolute atomic E-state index is 12.8. The van der Waals surface area contributed by atoms with Gasteiger partial charge in [-0.25, -0.2) is 9.37 Å². The zero-order valence-electron chi connectivity index (χ0n) is 11.4. The van der Waals surface area contributed by atoms with Gasteiger partial charge in [0.1, 0.15) is 17.8 Å². The number of halogens is 1. The molecule has 6 heteroatoms. The van der Waals surface area contributed by atoms with Gasteiger partial charge >= 0.3 is 0 Å². The van der Waals surface area contributed by atoms with Crippen LogP contribution in [0, 0.1) is 5.82 Å². The molecule has 0 aliphatic carbocycles. The summed E-state index contributed by atoms with van der Waals surface area (Å²) in [4.78, 5) is 8.08. The summed E-state index contributed by atoms with van der Waals surface area (Å²) in [6, 6.07) is 6.22. The van der Waals surface area contributed by atoms with E-state index in [0.717, 1.165) is 5.56 Å². The number of rotatable bonds is 5. The van der Waals surface area contributed by atoms with Crippen molar-refractivity contribution in [1.82, 2.24) is 9.97 Å². The van der Waals surface area contributed by atoms with Crippen molar-refractivity contribution in [1.29, 1.82) is 0 Å². The van der Waals surface area contributed by atoms with Gasteiger partial charge in [0.05, 0.1) is 6.10 Å². The summed E-state index contributed by atoms with van der Waals surface area (Å²) in [6.45, 7) is 4.28. The van der Waals surface area contributed by atoms with Gasteiger partial charge in [0.25, 0.3) is 0 Å². The minimum Gasteiger partial charge on any atom is -0.473 e. The Hall–Kier alpha value is -2.37. The number of aromatic nitrogens is 2. The van der Waals surface area contributed by atoms with E-state index in [1.807, 2.05) is 13.8 Å². The van der Waals surface area contributed by atoms with Crippen LogP contribution in [0.2, 0.25) is 0 Å². The molecule has 0 bridgehead atoms. The summed E-state index contributed by atoms with van der Waals surface area (Å²) in [5.41, 5.74) is 7.24. The molecule has 0 fully saturated rings. The Kier molecular flexibility index (Phi) is 4.34. The third kappa shape index (κ3) is 3.57. The third-order valence-corrected chi connectivity index (χ3v) is 2.57. The van der Waals surface area contributed by atoms with E-state index in [2.05, 4.69) is 15.3 Å². The number of anilines is 2. The van der Waals surface area contributed by atoms with Gasteiger partial charge in [-0.15, -0.1) is 0 Å². The van der Waals surface area contributed by atoms with Crippen LogP contribution in [0.25, 0.3) is 0 Å². The standard InChI is InChI=1S/C14H17FN4O/c1-9(2)20-14-12(16)13(18-8-19-14)17-7-10-3-5-11(15)6-4-10/h3-6,8-9H,7,16H2,1-2H3,(H,17,18,19). The van der Waals surface area contributed by atoms with E-state index >= 15 is 0 Å². The fourth-order valence-corrected chi connectivity index (χ4v) is 1.63. The molecule has 1 heterocycles. The quantitative estimate of drug-likeness (QED) is 0.878. The molecule has 0 spiro atoms. The molecule has 0 radical (unpaired) electrons. The number of nitrogens with one attached hydrogen (secondary N) is 1. The molecular formula is C14H17FN4O. The molecule has 0 saturated carbocycles. The SMILES string of the molecule is CC(C)Oc1ncnc(NCc2ccc(F)cc2)c1N. The predicted molar refractivity (Wildman–Crippen MR) is 75.9 cm³/mol. The Morgan fingerprint density at radius 1 is 1.25 bits per heavy atom. The number of nitrogen functional groups attached to an aromatic ring is 1. The van der Waals surface area contributed by atoms with E-state index in [-0.39, 0.29) is 11.9 Å². The molecule has 0 amide bonds. The molecule has 106 valence electrons. The topological polar surface area (TPSA) is 73.1 Å². The van der Waals surface area contributed by atoms with Crippen molar-refractivity contribution in [3.05, 3.63) is 42.0 Å². The Balaban J connectivity index is 2.07. The minimum absolute atomic E-state index is 0.0165. The largest absolute Gasteiger partial charge is 0.473 e. The van der Waals surface area contributed by atoms with Crippen LogP contribution in [0.15, 0.2) is 30.6 Å². The van der Waals surface area contributed by atoms with Crippen molar-refractivity contribution in [3.8, 4) is 5.88 Å². The van der Waals surface area contributed by atoms with E-state index in [9.17, 15) is 4.39 Å². The highest BCUT2D eigenvalue weighted by molar-refractivity contribution is 5.66. The van der Waals surface area contributed by atoms with Crippen molar-refractivity contribution in [2.75, 3.05) is 11.1 Å². The summed E-state index contributed by atoms with van der Waals surface area (Å²) in [5.74, 6) is 0.597. The molecule has 3 N–H and O–H groups in total. The van der Waals surface area contributed by atoms with Crippen LogP contribution in [-0.2, 0) is 6.54 Å². The number of nitrogens with two attached hydrogens (primary N) is 1. The Morgan fingerprint density at radius 3 is 2.60 bits per heavy atom. The molecule has 0 saturated heterocycles. The van der Waals surface area contributed by atoms with Crippen LogP contribution in [-0.4, -0.2) is 16.1 Å². The highest BCUT2D eigenvalue weighted by atomic mass is 19.1. The summed E-state index contributed by atoms with van der Waals surface area (Å²) in [5, 5.41) is 3.08. The van der Waals surface area contributed by atoms with Crippen molar-refractivity contribution in [2.24, 2.45) is 0 Å². The molecule has 0 unspecified atom stereocenters. The first-order chi connectivity index (χ1) is 9.56. The van der Waals surface area contributed by atoms with Crippen molar-refractivity contribution in [3.63, 3.8) is 0 Å². The van der Waals surface area contributed by atoms with Gasteiger partial charge < -0.3 is 15.8 Å². The normalized spacial score (nSPS) is 10.6. The smallest absolute Gasteiger partial charge is 0.242 e.